The Bertz CT molecular complexity index is 1430. The van der Waals surface area contributed by atoms with E-state index in [0.717, 1.165) is 73.7 Å². The number of piperidine rings is 1. The number of hydrogen-bond donors (Lipinski definition) is 1. The Labute approximate surface area is 275 Å². The first kappa shape index (κ1) is 34.7. The first-order valence-corrected chi connectivity index (χ1v) is 17.7. The van der Waals surface area contributed by atoms with Crippen molar-refractivity contribution in [2.24, 2.45) is 5.92 Å². The van der Waals surface area contributed by atoms with Crippen LogP contribution in [-0.4, -0.2) is 58.3 Å². The molecule has 1 aromatic carbocycles. The Morgan fingerprint density at radius 3 is 2.58 bits per heavy atom. The number of nitrogens with one attached hydrogen (secondary N) is 1. The highest BCUT2D eigenvalue weighted by molar-refractivity contribution is 8.00. The van der Waals surface area contributed by atoms with Gasteiger partial charge in [0.05, 0.1) is 34.5 Å². The number of anilines is 1. The number of aromatic nitrogens is 2. The summed E-state index contributed by atoms with van der Waals surface area (Å²) in [7, 11) is 1.79. The second kappa shape index (κ2) is 16.4. The van der Waals surface area contributed by atoms with Crippen molar-refractivity contribution in [2.45, 2.75) is 94.1 Å². The van der Waals surface area contributed by atoms with E-state index >= 15 is 0 Å². The van der Waals surface area contributed by atoms with E-state index in [0.29, 0.717) is 16.8 Å². The summed E-state index contributed by atoms with van der Waals surface area (Å²) >= 11 is 3.10. The number of carbonyl (C=O) groups is 2. The number of thiazole rings is 1. The molecule has 1 aliphatic rings. The second-order valence-electron chi connectivity index (χ2n) is 12.7. The molecule has 242 valence electrons. The molecule has 1 aliphatic heterocycles. The largest absolute Gasteiger partial charge is 0.444 e. The summed E-state index contributed by atoms with van der Waals surface area (Å²) in [5.41, 5.74) is 2.33. The molecule has 4 rings (SSSR count). The number of likely N-dealkylation sites (tertiary alicyclic amines) is 1. The van der Waals surface area contributed by atoms with Crippen molar-refractivity contribution < 1.29 is 14.0 Å². The summed E-state index contributed by atoms with van der Waals surface area (Å²) in [4.78, 5) is 38.2. The molecule has 1 saturated heterocycles. The molecule has 45 heavy (non-hydrogen) atoms. The van der Waals surface area contributed by atoms with Crippen molar-refractivity contribution in [3.63, 3.8) is 0 Å². The average molecular weight is 651 g/mol. The number of benzene rings is 1. The van der Waals surface area contributed by atoms with Gasteiger partial charge in [0, 0.05) is 18.4 Å². The van der Waals surface area contributed by atoms with E-state index in [4.69, 9.17) is 9.68 Å². The molecule has 0 aliphatic carbocycles. The number of thioether (sulfide) groups is 1. The van der Waals surface area contributed by atoms with Crippen LogP contribution in [0.4, 0.5) is 5.13 Å². The fourth-order valence-electron chi connectivity index (χ4n) is 5.50. The molecule has 9 nitrogen and oxygen atoms in total. The number of amides is 2. The summed E-state index contributed by atoms with van der Waals surface area (Å²) < 4.78 is 6.89. The Balaban J connectivity index is 1.16. The molecule has 1 fully saturated rings. The van der Waals surface area contributed by atoms with Crippen LogP contribution in [0.1, 0.15) is 95.0 Å². The molecule has 1 N–H and O–H groups in total. The van der Waals surface area contributed by atoms with Crippen LogP contribution < -0.4 is 5.32 Å². The highest BCUT2D eigenvalue weighted by Gasteiger charge is 2.26. The van der Waals surface area contributed by atoms with Crippen LogP contribution in [-0.2, 0) is 27.2 Å². The van der Waals surface area contributed by atoms with Gasteiger partial charge in [-0.25, -0.2) is 9.97 Å². The van der Waals surface area contributed by atoms with E-state index < -0.39 is 0 Å². The van der Waals surface area contributed by atoms with Gasteiger partial charge < -0.3 is 19.5 Å². The number of carbonyl (C=O) groups excluding carboxylic acids is 2. The Hall–Kier alpha value is -3.20. The van der Waals surface area contributed by atoms with Gasteiger partial charge in [0.15, 0.2) is 5.13 Å². The molecule has 2 amide bonds. The Kier molecular flexibility index (Phi) is 12.6. The quantitative estimate of drug-likeness (QED) is 0.182. The molecule has 3 heterocycles. The normalized spacial score (nSPS) is 15.0. The number of aryl methyl sites for hydroxylation is 1. The molecule has 0 radical (unpaired) electrons. The first-order valence-electron chi connectivity index (χ1n) is 15.9. The summed E-state index contributed by atoms with van der Waals surface area (Å²) in [6.45, 7) is 11.3. The van der Waals surface area contributed by atoms with Crippen molar-refractivity contribution in [1.29, 1.82) is 5.26 Å². The third-order valence-corrected chi connectivity index (χ3v) is 10.4. The van der Waals surface area contributed by atoms with Crippen LogP contribution in [0, 0.1) is 17.2 Å². The fraction of sp³-hybridized carbons (Fsp3) is 0.559. The number of hydrogen-bond acceptors (Lipinski definition) is 9. The maximum Gasteiger partial charge on any atom is 0.237 e. The van der Waals surface area contributed by atoms with Gasteiger partial charge in [-0.2, -0.15) is 5.26 Å². The van der Waals surface area contributed by atoms with Crippen molar-refractivity contribution in [2.75, 3.05) is 32.0 Å². The third kappa shape index (κ3) is 10.1. The van der Waals surface area contributed by atoms with E-state index in [1.165, 1.54) is 16.9 Å². The van der Waals surface area contributed by atoms with E-state index in [-0.39, 0.29) is 35.6 Å². The molecule has 3 aromatic rings. The molecule has 11 heteroatoms. The minimum absolute atomic E-state index is 0.00572. The van der Waals surface area contributed by atoms with Gasteiger partial charge in [-0.05, 0) is 62.9 Å². The topological polar surface area (TPSA) is 115 Å². The second-order valence-corrected chi connectivity index (χ2v) is 15.0. The number of nitriles is 1. The van der Waals surface area contributed by atoms with Gasteiger partial charge in [0.25, 0.3) is 0 Å². The van der Waals surface area contributed by atoms with Gasteiger partial charge >= 0.3 is 0 Å². The first-order chi connectivity index (χ1) is 21.6. The highest BCUT2D eigenvalue weighted by Crippen LogP contribution is 2.32. The molecular weight excluding hydrogens is 605 g/mol. The summed E-state index contributed by atoms with van der Waals surface area (Å²) in [5, 5.41) is 12.6. The van der Waals surface area contributed by atoms with Crippen molar-refractivity contribution in [3.8, 4) is 6.07 Å². The monoisotopic (exact) mass is 650 g/mol. The van der Waals surface area contributed by atoms with Crippen LogP contribution in [0.25, 0.3) is 0 Å². The van der Waals surface area contributed by atoms with Crippen LogP contribution in [0.2, 0.25) is 0 Å². The number of oxazole rings is 1. The van der Waals surface area contributed by atoms with Gasteiger partial charge in [0.2, 0.25) is 17.7 Å². The smallest absolute Gasteiger partial charge is 0.237 e. The molecule has 2 aromatic heterocycles. The molecule has 0 saturated carbocycles. The third-order valence-electron chi connectivity index (χ3n) is 8.26. The van der Waals surface area contributed by atoms with Gasteiger partial charge in [-0.15, -0.1) is 11.8 Å². The lowest BCUT2D eigenvalue weighted by Crippen LogP contribution is -2.38. The maximum absolute atomic E-state index is 13.0. The zero-order valence-electron chi connectivity index (χ0n) is 27.2. The van der Waals surface area contributed by atoms with Crippen molar-refractivity contribution in [1.82, 2.24) is 19.8 Å². The lowest BCUT2D eigenvalue weighted by Gasteiger charge is -2.31. The Morgan fingerprint density at radius 2 is 1.93 bits per heavy atom. The zero-order chi connectivity index (χ0) is 32.4. The van der Waals surface area contributed by atoms with Gasteiger partial charge in [-0.1, -0.05) is 69.7 Å². The lowest BCUT2D eigenvalue weighted by molar-refractivity contribution is -0.131. The van der Waals surface area contributed by atoms with Gasteiger partial charge in [0.1, 0.15) is 12.2 Å². The number of nitrogens with zero attached hydrogens (tertiary/aromatic N) is 5. The molecule has 0 spiro atoms. The molecule has 1 atom stereocenters. The van der Waals surface area contributed by atoms with Crippen LogP contribution in [0.15, 0.2) is 45.3 Å². The average Bonchev–Trinajstić information content (AvgIpc) is 3.69. The zero-order valence-corrected chi connectivity index (χ0v) is 28.8. The molecular formula is C34H46N6O3S2. The van der Waals surface area contributed by atoms with Crippen LogP contribution >= 0.6 is 23.1 Å². The molecule has 0 bridgehead atoms. The summed E-state index contributed by atoms with van der Waals surface area (Å²) in [6.07, 6.45) is 9.09. The summed E-state index contributed by atoms with van der Waals surface area (Å²) in [6, 6.07) is 10.5. The number of rotatable bonds is 14. The minimum atomic E-state index is -0.137. The predicted octanol–water partition coefficient (Wildman–Crippen LogP) is 7.22. The lowest BCUT2D eigenvalue weighted by atomic mass is 9.94. The van der Waals surface area contributed by atoms with Crippen molar-refractivity contribution in [3.05, 3.63) is 59.4 Å². The van der Waals surface area contributed by atoms with Crippen LogP contribution in [0.3, 0.4) is 0 Å². The van der Waals surface area contributed by atoms with E-state index in [2.05, 4.69) is 72.1 Å². The van der Waals surface area contributed by atoms with Gasteiger partial charge in [-0.3, -0.25) is 9.59 Å². The Morgan fingerprint density at radius 1 is 1.20 bits per heavy atom. The highest BCUT2D eigenvalue weighted by atomic mass is 32.2. The van der Waals surface area contributed by atoms with Crippen molar-refractivity contribution >= 4 is 40.0 Å². The fourth-order valence-corrected chi connectivity index (χ4v) is 7.23. The van der Waals surface area contributed by atoms with E-state index in [1.807, 2.05) is 6.07 Å². The standard InChI is InChI=1S/C34H46N6O3S2/c1-6-8-27(39(5)30(41)14-17-35)25-12-10-24(11-13-25)9-7-18-40-19-15-26(16-20-40)32(42)38-33-37-22-31(45-33)44-23-29-36-21-28(43-29)34(2,3)4/h10-13,21-22,26-27H,6-9,14-16,18-20,23H2,1-5H3,(H,37,38,42). The van der Waals surface area contributed by atoms with E-state index in [1.54, 1.807) is 36.1 Å². The SMILES string of the molecule is CCCC(c1ccc(CCCN2CCC(C(=O)Nc3ncc(SCc4ncc(C(C)(C)C)o4)s3)CC2)cc1)N(C)C(=O)CC#N. The summed E-state index contributed by atoms with van der Waals surface area (Å²) in [5.74, 6) is 2.12. The molecule has 1 unspecified atom stereocenters. The minimum Gasteiger partial charge on any atom is -0.444 e. The van der Waals surface area contributed by atoms with E-state index in [9.17, 15) is 9.59 Å². The maximum atomic E-state index is 13.0. The predicted molar refractivity (Wildman–Crippen MR) is 180 cm³/mol. The van der Waals surface area contributed by atoms with Crippen LogP contribution in [0.5, 0.6) is 0 Å².